The molecule has 1 aliphatic rings. The molecule has 0 aliphatic carbocycles. The molecule has 0 amide bonds. The first-order valence-electron chi connectivity index (χ1n) is 4.86. The van der Waals surface area contributed by atoms with E-state index in [9.17, 15) is 0 Å². The fourth-order valence-corrected chi connectivity index (χ4v) is 2.02. The number of hydrogen-bond donors (Lipinski definition) is 1. The Balaban J connectivity index is 2.41. The lowest BCUT2D eigenvalue weighted by Gasteiger charge is -2.14. The Morgan fingerprint density at radius 1 is 1.00 bits per heavy atom. The maximum absolute atomic E-state index is 3.25. The Kier molecular flexibility index (Phi) is 1.57. The smallest absolute Gasteiger partial charge is 0.0407 e. The molecule has 0 aromatic heterocycles. The first-order valence-corrected chi connectivity index (χ1v) is 4.86. The van der Waals surface area contributed by atoms with Crippen molar-refractivity contribution in [2.45, 2.75) is 6.54 Å². The van der Waals surface area contributed by atoms with Crippen molar-refractivity contribution >= 4 is 16.8 Å². The standard InChI is InChI=1S/C13H11N/c1-2-4-12-10(3-1)5-6-11-7-8-14-9-13(11)12/h1-8,14H,9H2. The summed E-state index contributed by atoms with van der Waals surface area (Å²) in [6.07, 6.45) is 4.14. The largest absolute Gasteiger partial charge is 0.387 e. The molecule has 0 saturated carbocycles. The van der Waals surface area contributed by atoms with Crippen LogP contribution in [0.1, 0.15) is 11.1 Å². The Labute approximate surface area is 83.1 Å². The summed E-state index contributed by atoms with van der Waals surface area (Å²) in [5.74, 6) is 0. The zero-order valence-electron chi connectivity index (χ0n) is 7.83. The van der Waals surface area contributed by atoms with Gasteiger partial charge in [-0.15, -0.1) is 0 Å². The fourth-order valence-electron chi connectivity index (χ4n) is 2.02. The average molecular weight is 181 g/mol. The molecule has 2 aromatic rings. The van der Waals surface area contributed by atoms with Crippen LogP contribution in [0.2, 0.25) is 0 Å². The summed E-state index contributed by atoms with van der Waals surface area (Å²) in [7, 11) is 0. The zero-order chi connectivity index (χ0) is 9.38. The van der Waals surface area contributed by atoms with Crippen LogP contribution >= 0.6 is 0 Å². The van der Waals surface area contributed by atoms with Gasteiger partial charge in [-0.3, -0.25) is 0 Å². The van der Waals surface area contributed by atoms with E-state index < -0.39 is 0 Å². The van der Waals surface area contributed by atoms with Gasteiger partial charge in [0.2, 0.25) is 0 Å². The lowest BCUT2D eigenvalue weighted by atomic mass is 9.97. The van der Waals surface area contributed by atoms with E-state index in [0.717, 1.165) is 6.54 Å². The van der Waals surface area contributed by atoms with Gasteiger partial charge in [-0.25, -0.2) is 0 Å². The van der Waals surface area contributed by atoms with Crippen LogP contribution in [-0.4, -0.2) is 0 Å². The number of nitrogens with one attached hydrogen (secondary N) is 1. The number of hydrogen-bond acceptors (Lipinski definition) is 1. The van der Waals surface area contributed by atoms with Crippen molar-refractivity contribution in [3.05, 3.63) is 53.7 Å². The van der Waals surface area contributed by atoms with Gasteiger partial charge in [0, 0.05) is 6.54 Å². The summed E-state index contributed by atoms with van der Waals surface area (Å²) in [4.78, 5) is 0. The highest BCUT2D eigenvalue weighted by atomic mass is 14.8. The Morgan fingerprint density at radius 2 is 1.93 bits per heavy atom. The van der Waals surface area contributed by atoms with Crippen LogP contribution in [0, 0.1) is 0 Å². The van der Waals surface area contributed by atoms with Gasteiger partial charge in [0.15, 0.2) is 0 Å². The maximum atomic E-state index is 3.25. The molecular formula is C13H11N. The minimum atomic E-state index is 0.938. The summed E-state index contributed by atoms with van der Waals surface area (Å²) >= 11 is 0. The monoisotopic (exact) mass is 181 g/mol. The molecule has 3 rings (SSSR count). The molecule has 0 saturated heterocycles. The van der Waals surface area contributed by atoms with Crippen LogP contribution in [0.3, 0.4) is 0 Å². The molecule has 1 heteroatoms. The van der Waals surface area contributed by atoms with Gasteiger partial charge in [0.25, 0.3) is 0 Å². The highest BCUT2D eigenvalue weighted by Crippen LogP contribution is 2.24. The van der Waals surface area contributed by atoms with Gasteiger partial charge in [-0.1, -0.05) is 36.4 Å². The van der Waals surface area contributed by atoms with E-state index in [1.165, 1.54) is 21.9 Å². The van der Waals surface area contributed by atoms with Crippen molar-refractivity contribution in [1.29, 1.82) is 0 Å². The van der Waals surface area contributed by atoms with Crippen LogP contribution < -0.4 is 5.32 Å². The van der Waals surface area contributed by atoms with E-state index >= 15 is 0 Å². The third-order valence-electron chi connectivity index (χ3n) is 2.74. The molecule has 0 unspecified atom stereocenters. The van der Waals surface area contributed by atoms with Crippen molar-refractivity contribution in [3.63, 3.8) is 0 Å². The SMILES string of the molecule is C1=Cc2ccc3ccccc3c2CN1. The second-order valence-electron chi connectivity index (χ2n) is 3.57. The molecule has 0 atom stereocenters. The van der Waals surface area contributed by atoms with Crippen molar-refractivity contribution in [3.8, 4) is 0 Å². The second kappa shape index (κ2) is 2.88. The first kappa shape index (κ1) is 7.63. The van der Waals surface area contributed by atoms with Gasteiger partial charge in [-0.05, 0) is 34.2 Å². The third-order valence-corrected chi connectivity index (χ3v) is 2.74. The quantitative estimate of drug-likeness (QED) is 0.659. The van der Waals surface area contributed by atoms with Crippen molar-refractivity contribution in [1.82, 2.24) is 5.32 Å². The topological polar surface area (TPSA) is 12.0 Å². The van der Waals surface area contributed by atoms with Crippen LogP contribution in [0.25, 0.3) is 16.8 Å². The summed E-state index contributed by atoms with van der Waals surface area (Å²) in [5, 5.41) is 5.94. The molecule has 1 nitrogen and oxygen atoms in total. The molecule has 1 aliphatic heterocycles. The Hall–Kier alpha value is -1.76. The van der Waals surface area contributed by atoms with E-state index in [4.69, 9.17) is 0 Å². The molecular weight excluding hydrogens is 170 g/mol. The lowest BCUT2D eigenvalue weighted by molar-refractivity contribution is 0.866. The molecule has 0 fully saturated rings. The molecule has 1 heterocycles. The van der Waals surface area contributed by atoms with Gasteiger partial charge in [-0.2, -0.15) is 0 Å². The lowest BCUT2D eigenvalue weighted by Crippen LogP contribution is -2.10. The normalized spacial score (nSPS) is 13.7. The third kappa shape index (κ3) is 1.02. The minimum Gasteiger partial charge on any atom is -0.387 e. The van der Waals surface area contributed by atoms with Crippen LogP contribution in [0.4, 0.5) is 0 Å². The van der Waals surface area contributed by atoms with E-state index in [1.807, 2.05) is 6.20 Å². The van der Waals surface area contributed by atoms with Crippen molar-refractivity contribution < 1.29 is 0 Å². The van der Waals surface area contributed by atoms with Crippen molar-refractivity contribution in [2.24, 2.45) is 0 Å². The number of benzene rings is 2. The second-order valence-corrected chi connectivity index (χ2v) is 3.57. The van der Waals surface area contributed by atoms with E-state index in [1.54, 1.807) is 0 Å². The van der Waals surface area contributed by atoms with E-state index in [2.05, 4.69) is 47.8 Å². The van der Waals surface area contributed by atoms with Crippen LogP contribution in [0.5, 0.6) is 0 Å². The molecule has 14 heavy (non-hydrogen) atoms. The number of fused-ring (bicyclic) bond motifs is 3. The average Bonchev–Trinajstić information content (AvgIpc) is 2.29. The van der Waals surface area contributed by atoms with Gasteiger partial charge >= 0.3 is 0 Å². The minimum absolute atomic E-state index is 0.938. The Bertz CT molecular complexity index is 512. The van der Waals surface area contributed by atoms with Crippen LogP contribution in [-0.2, 0) is 6.54 Å². The highest BCUT2D eigenvalue weighted by Gasteiger charge is 2.06. The van der Waals surface area contributed by atoms with Gasteiger partial charge < -0.3 is 5.32 Å². The van der Waals surface area contributed by atoms with Gasteiger partial charge in [0.05, 0.1) is 0 Å². The molecule has 0 radical (unpaired) electrons. The van der Waals surface area contributed by atoms with Crippen molar-refractivity contribution in [2.75, 3.05) is 0 Å². The Morgan fingerprint density at radius 3 is 2.93 bits per heavy atom. The summed E-state index contributed by atoms with van der Waals surface area (Å²) in [5.41, 5.74) is 2.74. The molecule has 1 N–H and O–H groups in total. The van der Waals surface area contributed by atoms with Crippen LogP contribution in [0.15, 0.2) is 42.6 Å². The highest BCUT2D eigenvalue weighted by molar-refractivity contribution is 5.89. The summed E-state index contributed by atoms with van der Waals surface area (Å²) in [6, 6.07) is 12.9. The molecule has 0 bridgehead atoms. The molecule has 68 valence electrons. The predicted molar refractivity (Wildman–Crippen MR) is 59.8 cm³/mol. The first-order chi connectivity index (χ1) is 6.95. The predicted octanol–water partition coefficient (Wildman–Crippen LogP) is 2.91. The summed E-state index contributed by atoms with van der Waals surface area (Å²) in [6.45, 7) is 0.938. The molecule has 0 spiro atoms. The van der Waals surface area contributed by atoms with E-state index in [-0.39, 0.29) is 0 Å². The maximum Gasteiger partial charge on any atom is 0.0407 e. The fraction of sp³-hybridized carbons (Fsp3) is 0.0769. The molecule has 2 aromatic carbocycles. The zero-order valence-corrected chi connectivity index (χ0v) is 7.83. The number of rotatable bonds is 0. The van der Waals surface area contributed by atoms with E-state index in [0.29, 0.717) is 0 Å². The summed E-state index contributed by atoms with van der Waals surface area (Å²) < 4.78 is 0. The van der Waals surface area contributed by atoms with Gasteiger partial charge in [0.1, 0.15) is 0 Å².